The zero-order valence-corrected chi connectivity index (χ0v) is 9.10. The van der Waals surface area contributed by atoms with E-state index in [2.05, 4.69) is 9.47 Å². The van der Waals surface area contributed by atoms with Crippen molar-refractivity contribution in [3.63, 3.8) is 0 Å². The Kier molecular flexibility index (Phi) is 5.54. The van der Waals surface area contributed by atoms with Crippen LogP contribution in [-0.2, 0) is 28.6 Å². The maximum absolute atomic E-state index is 11.1. The summed E-state index contributed by atoms with van der Waals surface area (Å²) >= 11 is 0. The number of carbonyl (C=O) groups is 3. The van der Waals surface area contributed by atoms with E-state index in [-0.39, 0.29) is 0 Å². The van der Waals surface area contributed by atoms with Crippen molar-refractivity contribution in [1.29, 1.82) is 0 Å². The highest BCUT2D eigenvalue weighted by Crippen LogP contribution is 2.07. The van der Waals surface area contributed by atoms with Gasteiger partial charge in [-0.3, -0.25) is 14.4 Å². The Morgan fingerprint density at radius 2 is 1.40 bits per heavy atom. The zero-order chi connectivity index (χ0) is 12.0. The molecule has 0 amide bonds. The molecule has 0 N–H and O–H groups in total. The van der Waals surface area contributed by atoms with Gasteiger partial charge in [-0.1, -0.05) is 0 Å². The zero-order valence-electron chi connectivity index (χ0n) is 9.10. The molecule has 0 spiro atoms. The third-order valence-corrected chi connectivity index (χ3v) is 1.46. The molecule has 0 aliphatic heterocycles. The first kappa shape index (κ1) is 13.6. The van der Waals surface area contributed by atoms with Crippen LogP contribution >= 0.6 is 0 Å². The standard InChI is InChI=1S/C9H14O6/c1-5(10)8(14-6(2)11)9(13-4)15-7(3)12/h8-9H,1-4H3. The summed E-state index contributed by atoms with van der Waals surface area (Å²) in [6, 6.07) is 0. The van der Waals surface area contributed by atoms with E-state index in [0.29, 0.717) is 0 Å². The number of carbonyl (C=O) groups excluding carboxylic acids is 3. The van der Waals surface area contributed by atoms with Gasteiger partial charge in [0.15, 0.2) is 5.78 Å². The highest BCUT2D eigenvalue weighted by Gasteiger charge is 2.31. The molecule has 2 unspecified atom stereocenters. The molecule has 6 heteroatoms. The molecular formula is C9H14O6. The van der Waals surface area contributed by atoms with Crippen LogP contribution in [0.3, 0.4) is 0 Å². The Morgan fingerprint density at radius 3 is 1.67 bits per heavy atom. The fourth-order valence-electron chi connectivity index (χ4n) is 0.906. The molecule has 0 aliphatic carbocycles. The lowest BCUT2D eigenvalue weighted by Crippen LogP contribution is -2.40. The van der Waals surface area contributed by atoms with Gasteiger partial charge in [0.25, 0.3) is 0 Å². The molecule has 86 valence electrons. The fraction of sp³-hybridized carbons (Fsp3) is 0.667. The van der Waals surface area contributed by atoms with Gasteiger partial charge in [0, 0.05) is 21.0 Å². The Bertz CT molecular complexity index is 259. The van der Waals surface area contributed by atoms with Gasteiger partial charge >= 0.3 is 11.9 Å². The maximum Gasteiger partial charge on any atom is 0.305 e. The van der Waals surface area contributed by atoms with Crippen LogP contribution in [0.1, 0.15) is 20.8 Å². The molecule has 0 heterocycles. The van der Waals surface area contributed by atoms with Crippen LogP contribution in [0.4, 0.5) is 0 Å². The summed E-state index contributed by atoms with van der Waals surface area (Å²) in [6.45, 7) is 3.52. The molecule has 0 rings (SSSR count). The Labute approximate surface area is 87.5 Å². The average molecular weight is 218 g/mol. The van der Waals surface area contributed by atoms with Gasteiger partial charge in [-0.15, -0.1) is 0 Å². The van der Waals surface area contributed by atoms with E-state index in [1.165, 1.54) is 14.0 Å². The van der Waals surface area contributed by atoms with E-state index in [1.807, 2.05) is 0 Å². The summed E-state index contributed by atoms with van der Waals surface area (Å²) in [6.07, 6.45) is -2.43. The van der Waals surface area contributed by atoms with Crippen LogP contribution in [0.2, 0.25) is 0 Å². The third-order valence-electron chi connectivity index (χ3n) is 1.46. The van der Waals surface area contributed by atoms with Gasteiger partial charge in [0.1, 0.15) is 0 Å². The lowest BCUT2D eigenvalue weighted by atomic mass is 10.2. The van der Waals surface area contributed by atoms with Crippen molar-refractivity contribution in [2.24, 2.45) is 0 Å². The van der Waals surface area contributed by atoms with Crippen LogP contribution in [-0.4, -0.2) is 37.2 Å². The molecule has 15 heavy (non-hydrogen) atoms. The minimum absolute atomic E-state index is 0.460. The van der Waals surface area contributed by atoms with E-state index >= 15 is 0 Å². The normalized spacial score (nSPS) is 13.9. The largest absolute Gasteiger partial charge is 0.448 e. The van der Waals surface area contributed by atoms with Crippen molar-refractivity contribution in [3.05, 3.63) is 0 Å². The van der Waals surface area contributed by atoms with Crippen LogP contribution in [0, 0.1) is 0 Å². The first-order valence-electron chi connectivity index (χ1n) is 4.26. The fourth-order valence-corrected chi connectivity index (χ4v) is 0.906. The number of esters is 2. The average Bonchev–Trinajstić information content (AvgIpc) is 2.09. The SMILES string of the molecule is COC(OC(C)=O)C(OC(C)=O)C(C)=O. The van der Waals surface area contributed by atoms with E-state index in [4.69, 9.17) is 4.74 Å². The molecule has 0 saturated carbocycles. The van der Waals surface area contributed by atoms with E-state index < -0.39 is 30.1 Å². The third kappa shape index (κ3) is 5.11. The smallest absolute Gasteiger partial charge is 0.305 e. The predicted molar refractivity (Wildman–Crippen MR) is 48.8 cm³/mol. The molecule has 0 aliphatic rings. The second-order valence-corrected chi connectivity index (χ2v) is 2.85. The monoisotopic (exact) mass is 218 g/mol. The number of rotatable bonds is 5. The number of methoxy groups -OCH3 is 1. The van der Waals surface area contributed by atoms with Crippen LogP contribution < -0.4 is 0 Å². The second kappa shape index (κ2) is 6.13. The van der Waals surface area contributed by atoms with Gasteiger partial charge in [-0.2, -0.15) is 0 Å². The van der Waals surface area contributed by atoms with Gasteiger partial charge in [0.05, 0.1) is 0 Å². The van der Waals surface area contributed by atoms with Crippen molar-refractivity contribution < 1.29 is 28.6 Å². The summed E-state index contributed by atoms with van der Waals surface area (Å²) in [4.78, 5) is 32.5. The van der Waals surface area contributed by atoms with Crippen molar-refractivity contribution in [1.82, 2.24) is 0 Å². The van der Waals surface area contributed by atoms with Crippen molar-refractivity contribution in [3.8, 4) is 0 Å². The summed E-state index contributed by atoms with van der Waals surface area (Å²) in [7, 11) is 1.24. The van der Waals surface area contributed by atoms with E-state index in [1.54, 1.807) is 0 Å². The first-order valence-corrected chi connectivity index (χ1v) is 4.26. The summed E-state index contributed by atoms with van der Waals surface area (Å²) < 4.78 is 14.1. The number of ketones is 1. The number of hydrogen-bond donors (Lipinski definition) is 0. The lowest BCUT2D eigenvalue weighted by Gasteiger charge is -2.22. The quantitative estimate of drug-likeness (QED) is 0.479. The Balaban J connectivity index is 4.61. The molecule has 0 aromatic carbocycles. The van der Waals surface area contributed by atoms with Crippen LogP contribution in [0.5, 0.6) is 0 Å². The Hall–Kier alpha value is -1.43. The highest BCUT2D eigenvalue weighted by atomic mass is 16.7. The lowest BCUT2D eigenvalue weighted by molar-refractivity contribution is -0.203. The number of hydrogen-bond acceptors (Lipinski definition) is 6. The summed E-state index contributed by atoms with van der Waals surface area (Å²) in [5.74, 6) is -1.73. The van der Waals surface area contributed by atoms with Crippen molar-refractivity contribution in [2.75, 3.05) is 7.11 Å². The minimum atomic E-state index is -1.23. The molecule has 2 atom stereocenters. The van der Waals surface area contributed by atoms with Gasteiger partial charge < -0.3 is 14.2 Å². The molecule has 0 aromatic rings. The van der Waals surface area contributed by atoms with Gasteiger partial charge in [-0.05, 0) is 6.92 Å². The molecule has 0 bridgehead atoms. The molecule has 0 fully saturated rings. The van der Waals surface area contributed by atoms with Crippen molar-refractivity contribution in [2.45, 2.75) is 33.2 Å². The minimum Gasteiger partial charge on any atom is -0.448 e. The van der Waals surface area contributed by atoms with Gasteiger partial charge in [-0.25, -0.2) is 0 Å². The van der Waals surface area contributed by atoms with Crippen LogP contribution in [0.15, 0.2) is 0 Å². The van der Waals surface area contributed by atoms with E-state index in [9.17, 15) is 14.4 Å². The predicted octanol–water partition coefficient (Wildman–Crippen LogP) is 0.0427. The molecule has 6 nitrogen and oxygen atoms in total. The molecule has 0 aromatic heterocycles. The Morgan fingerprint density at radius 1 is 0.933 bits per heavy atom. The first-order chi connectivity index (χ1) is 6.88. The van der Waals surface area contributed by atoms with Gasteiger partial charge in [0.2, 0.25) is 12.4 Å². The maximum atomic E-state index is 11.1. The van der Waals surface area contributed by atoms with Crippen molar-refractivity contribution >= 4 is 17.7 Å². The summed E-state index contributed by atoms with van der Waals surface area (Å²) in [5.41, 5.74) is 0. The molecular weight excluding hydrogens is 204 g/mol. The van der Waals surface area contributed by atoms with Crippen LogP contribution in [0.25, 0.3) is 0 Å². The highest BCUT2D eigenvalue weighted by molar-refractivity contribution is 5.83. The summed E-state index contributed by atoms with van der Waals surface area (Å²) in [5, 5.41) is 0. The molecule has 0 saturated heterocycles. The number of Topliss-reactive ketones (excluding diaryl/α,β-unsaturated/α-hetero) is 1. The second-order valence-electron chi connectivity index (χ2n) is 2.85. The molecule has 0 radical (unpaired) electrons. The van der Waals surface area contributed by atoms with E-state index in [0.717, 1.165) is 13.8 Å². The topological polar surface area (TPSA) is 78.9 Å². The number of ether oxygens (including phenoxy) is 3.